The number of aromatic nitrogens is 2. The lowest BCUT2D eigenvalue weighted by atomic mass is 10.4. The zero-order valence-corrected chi connectivity index (χ0v) is 13.2. The van der Waals surface area contributed by atoms with Crippen LogP contribution in [0.4, 0.5) is 0 Å². The van der Waals surface area contributed by atoms with Crippen molar-refractivity contribution in [3.63, 3.8) is 0 Å². The monoisotopic (exact) mass is 306 g/mol. The molecule has 0 aliphatic rings. The van der Waals surface area contributed by atoms with Gasteiger partial charge in [0.25, 0.3) is 0 Å². The summed E-state index contributed by atoms with van der Waals surface area (Å²) in [5.41, 5.74) is 0. The molecule has 0 aliphatic heterocycles. The summed E-state index contributed by atoms with van der Waals surface area (Å²) in [4.78, 5) is 0.219. The number of hydrogen-bond acceptors (Lipinski definition) is 5. The SMILES string of the molecule is CCSCC(C)NS(=O)(=O)c1cnn(CCNC)c1. The molecule has 1 aromatic rings. The highest BCUT2D eigenvalue weighted by Crippen LogP contribution is 2.09. The molecule has 0 radical (unpaired) electrons. The molecule has 1 rings (SSSR count). The Kier molecular flexibility index (Phi) is 6.84. The van der Waals surface area contributed by atoms with E-state index in [4.69, 9.17) is 0 Å². The van der Waals surface area contributed by atoms with E-state index in [-0.39, 0.29) is 10.9 Å². The van der Waals surface area contributed by atoms with Crippen LogP contribution in [-0.4, -0.2) is 49.3 Å². The minimum absolute atomic E-state index is 0.0874. The maximum atomic E-state index is 12.1. The van der Waals surface area contributed by atoms with Crippen molar-refractivity contribution < 1.29 is 8.42 Å². The van der Waals surface area contributed by atoms with Gasteiger partial charge in [-0.2, -0.15) is 16.9 Å². The van der Waals surface area contributed by atoms with Gasteiger partial charge in [0, 0.05) is 24.5 Å². The van der Waals surface area contributed by atoms with Crippen LogP contribution < -0.4 is 10.0 Å². The van der Waals surface area contributed by atoms with Crippen LogP contribution in [0, 0.1) is 0 Å². The third kappa shape index (κ3) is 5.52. The molecule has 19 heavy (non-hydrogen) atoms. The summed E-state index contributed by atoms with van der Waals surface area (Å²) in [5, 5.41) is 7.03. The first-order valence-corrected chi connectivity index (χ1v) is 8.90. The van der Waals surface area contributed by atoms with Gasteiger partial charge in [-0.25, -0.2) is 13.1 Å². The zero-order valence-electron chi connectivity index (χ0n) is 11.6. The molecule has 0 aromatic carbocycles. The van der Waals surface area contributed by atoms with Crippen LogP contribution >= 0.6 is 11.8 Å². The van der Waals surface area contributed by atoms with Gasteiger partial charge in [-0.05, 0) is 19.7 Å². The number of likely N-dealkylation sites (N-methyl/N-ethyl adjacent to an activating group) is 1. The van der Waals surface area contributed by atoms with E-state index in [1.807, 2.05) is 14.0 Å². The van der Waals surface area contributed by atoms with Gasteiger partial charge in [0.05, 0.1) is 12.7 Å². The Morgan fingerprint density at radius 3 is 2.89 bits per heavy atom. The molecule has 0 amide bonds. The van der Waals surface area contributed by atoms with Crippen molar-refractivity contribution >= 4 is 21.8 Å². The number of thioether (sulfide) groups is 1. The minimum atomic E-state index is -3.46. The summed E-state index contributed by atoms with van der Waals surface area (Å²) in [6.07, 6.45) is 2.94. The van der Waals surface area contributed by atoms with Gasteiger partial charge < -0.3 is 5.32 Å². The van der Waals surface area contributed by atoms with Gasteiger partial charge in [-0.1, -0.05) is 6.92 Å². The topological polar surface area (TPSA) is 76.0 Å². The van der Waals surface area contributed by atoms with E-state index in [1.54, 1.807) is 22.6 Å². The molecule has 0 fully saturated rings. The molecule has 6 nitrogen and oxygen atoms in total. The number of sulfonamides is 1. The van der Waals surface area contributed by atoms with Gasteiger partial charge in [0.2, 0.25) is 10.0 Å². The lowest BCUT2D eigenvalue weighted by Crippen LogP contribution is -2.34. The van der Waals surface area contributed by atoms with Crippen LogP contribution in [0.3, 0.4) is 0 Å². The smallest absolute Gasteiger partial charge is 0.243 e. The fraction of sp³-hybridized carbons (Fsp3) is 0.727. The standard InChI is InChI=1S/C11H22N4O2S2/c1-4-18-9-10(2)14-19(16,17)11-7-13-15(8-11)6-5-12-3/h7-8,10,12,14H,4-6,9H2,1-3H3. The molecule has 1 aromatic heterocycles. The van der Waals surface area contributed by atoms with E-state index < -0.39 is 10.0 Å². The molecule has 0 saturated carbocycles. The van der Waals surface area contributed by atoms with Crippen LogP contribution in [0.1, 0.15) is 13.8 Å². The minimum Gasteiger partial charge on any atom is -0.318 e. The van der Waals surface area contributed by atoms with Crippen molar-refractivity contribution in [1.82, 2.24) is 19.8 Å². The third-order valence-corrected chi connectivity index (χ3v) is 5.13. The van der Waals surface area contributed by atoms with Crippen molar-refractivity contribution in [2.45, 2.75) is 31.3 Å². The Labute approximate surface area is 119 Å². The average molecular weight is 306 g/mol. The first-order chi connectivity index (χ1) is 8.99. The molecule has 0 aliphatic carbocycles. The molecule has 110 valence electrons. The Morgan fingerprint density at radius 2 is 2.26 bits per heavy atom. The summed E-state index contributed by atoms with van der Waals surface area (Å²) in [7, 11) is -1.62. The van der Waals surface area contributed by atoms with Crippen molar-refractivity contribution in [3.05, 3.63) is 12.4 Å². The van der Waals surface area contributed by atoms with Gasteiger partial charge in [0.15, 0.2) is 0 Å². The van der Waals surface area contributed by atoms with Crippen molar-refractivity contribution in [3.8, 4) is 0 Å². The molecule has 1 atom stereocenters. The Hall–Kier alpha value is -0.570. The lowest BCUT2D eigenvalue weighted by Gasteiger charge is -2.12. The molecular weight excluding hydrogens is 284 g/mol. The highest BCUT2D eigenvalue weighted by Gasteiger charge is 2.19. The van der Waals surface area contributed by atoms with E-state index in [0.717, 1.165) is 18.1 Å². The average Bonchev–Trinajstić information content (AvgIpc) is 2.83. The first kappa shape index (κ1) is 16.5. The van der Waals surface area contributed by atoms with Crippen LogP contribution in [0.25, 0.3) is 0 Å². The fourth-order valence-corrected chi connectivity index (χ4v) is 3.47. The van der Waals surface area contributed by atoms with Crippen LogP contribution in [0.15, 0.2) is 17.3 Å². The maximum Gasteiger partial charge on any atom is 0.243 e. The van der Waals surface area contributed by atoms with Crippen molar-refractivity contribution in [1.29, 1.82) is 0 Å². The van der Waals surface area contributed by atoms with E-state index in [2.05, 4.69) is 22.1 Å². The van der Waals surface area contributed by atoms with Crippen LogP contribution in [0.2, 0.25) is 0 Å². The largest absolute Gasteiger partial charge is 0.318 e. The highest BCUT2D eigenvalue weighted by molar-refractivity contribution is 7.99. The predicted molar refractivity (Wildman–Crippen MR) is 78.9 cm³/mol. The number of rotatable bonds is 9. The second-order valence-corrected chi connectivity index (χ2v) is 7.26. The first-order valence-electron chi connectivity index (χ1n) is 6.26. The van der Waals surface area contributed by atoms with E-state index in [1.165, 1.54) is 6.20 Å². The van der Waals surface area contributed by atoms with Gasteiger partial charge in [-0.15, -0.1) is 0 Å². The van der Waals surface area contributed by atoms with E-state index in [9.17, 15) is 8.42 Å². The predicted octanol–water partition coefficient (Wildman–Crippen LogP) is 0.522. The Balaban J connectivity index is 2.63. The number of hydrogen-bond donors (Lipinski definition) is 2. The highest BCUT2D eigenvalue weighted by atomic mass is 32.2. The van der Waals surface area contributed by atoms with Crippen molar-refractivity contribution in [2.24, 2.45) is 0 Å². The summed E-state index contributed by atoms with van der Waals surface area (Å²) in [6.45, 7) is 5.31. The fourth-order valence-electron chi connectivity index (χ4n) is 1.49. The maximum absolute atomic E-state index is 12.1. The molecular formula is C11H22N4O2S2. The molecule has 0 spiro atoms. The van der Waals surface area contributed by atoms with Crippen molar-refractivity contribution in [2.75, 3.05) is 25.1 Å². The molecule has 1 heterocycles. The normalized spacial score (nSPS) is 13.6. The van der Waals surface area contributed by atoms with E-state index in [0.29, 0.717) is 6.54 Å². The lowest BCUT2D eigenvalue weighted by molar-refractivity contribution is 0.568. The second kappa shape index (κ2) is 7.88. The number of nitrogens with zero attached hydrogens (tertiary/aromatic N) is 2. The summed E-state index contributed by atoms with van der Waals surface area (Å²) < 4.78 is 28.5. The molecule has 0 bridgehead atoms. The van der Waals surface area contributed by atoms with Gasteiger partial charge in [-0.3, -0.25) is 4.68 Å². The van der Waals surface area contributed by atoms with Gasteiger partial charge in [0.1, 0.15) is 4.90 Å². The molecule has 1 unspecified atom stereocenters. The summed E-state index contributed by atoms with van der Waals surface area (Å²) in [5.74, 6) is 1.75. The molecule has 2 N–H and O–H groups in total. The molecule has 0 saturated heterocycles. The quantitative estimate of drug-likeness (QED) is 0.696. The zero-order chi connectivity index (χ0) is 14.3. The third-order valence-electron chi connectivity index (χ3n) is 2.44. The van der Waals surface area contributed by atoms with Crippen LogP contribution in [0.5, 0.6) is 0 Å². The molecule has 8 heteroatoms. The summed E-state index contributed by atoms with van der Waals surface area (Å²) in [6, 6.07) is -0.0874. The Morgan fingerprint density at radius 1 is 1.53 bits per heavy atom. The number of nitrogens with one attached hydrogen (secondary N) is 2. The van der Waals surface area contributed by atoms with E-state index >= 15 is 0 Å². The second-order valence-electron chi connectivity index (χ2n) is 4.22. The Bertz CT molecular complexity index is 473. The summed E-state index contributed by atoms with van der Waals surface area (Å²) >= 11 is 1.71. The van der Waals surface area contributed by atoms with Crippen LogP contribution in [-0.2, 0) is 16.6 Å². The van der Waals surface area contributed by atoms with Gasteiger partial charge >= 0.3 is 0 Å².